The molecule has 1 aromatic rings. The van der Waals surface area contributed by atoms with Gasteiger partial charge in [-0.3, -0.25) is 0 Å². The second-order valence-corrected chi connectivity index (χ2v) is 6.14. The first-order chi connectivity index (χ1) is 7.18. The van der Waals surface area contributed by atoms with E-state index in [1.54, 1.807) is 11.3 Å². The van der Waals surface area contributed by atoms with Gasteiger partial charge in [0.15, 0.2) is 0 Å². The summed E-state index contributed by atoms with van der Waals surface area (Å²) >= 11 is 7.64. The van der Waals surface area contributed by atoms with Crippen molar-refractivity contribution < 1.29 is 0 Å². The lowest BCUT2D eigenvalue weighted by molar-refractivity contribution is 0.253. The monoisotopic (exact) mass is 243 g/mol. The number of nitrogens with one attached hydrogen (secondary N) is 1. The van der Waals surface area contributed by atoms with Gasteiger partial charge < -0.3 is 5.32 Å². The molecule has 0 spiro atoms. The summed E-state index contributed by atoms with van der Waals surface area (Å²) in [6.45, 7) is 3.31. The predicted octanol–water partition coefficient (Wildman–Crippen LogP) is 4.21. The smallest absolute Gasteiger partial charge is 0.0516 e. The van der Waals surface area contributed by atoms with E-state index in [9.17, 15) is 0 Å². The van der Waals surface area contributed by atoms with E-state index in [0.29, 0.717) is 5.54 Å². The molecule has 1 fully saturated rings. The van der Waals surface area contributed by atoms with Crippen LogP contribution in [0.1, 0.15) is 43.9 Å². The van der Waals surface area contributed by atoms with Gasteiger partial charge >= 0.3 is 0 Å². The van der Waals surface area contributed by atoms with E-state index in [4.69, 9.17) is 11.6 Å². The summed E-state index contributed by atoms with van der Waals surface area (Å²) in [4.78, 5) is 1.34. The molecular weight excluding hydrogens is 226 g/mol. The fourth-order valence-electron chi connectivity index (χ4n) is 2.26. The molecular formula is C12H18ClNS. The van der Waals surface area contributed by atoms with Crippen LogP contribution in [0.5, 0.6) is 0 Å². The zero-order valence-electron chi connectivity index (χ0n) is 9.18. The largest absolute Gasteiger partial charge is 0.307 e. The highest BCUT2D eigenvalue weighted by molar-refractivity contribution is 7.10. The first kappa shape index (κ1) is 11.4. The molecule has 15 heavy (non-hydrogen) atoms. The van der Waals surface area contributed by atoms with Gasteiger partial charge in [0, 0.05) is 22.3 Å². The molecule has 0 aromatic carbocycles. The van der Waals surface area contributed by atoms with E-state index in [1.165, 1.54) is 37.0 Å². The zero-order valence-corrected chi connectivity index (χ0v) is 10.8. The Hall–Kier alpha value is -0.0500. The van der Waals surface area contributed by atoms with Crippen LogP contribution in [0, 0.1) is 0 Å². The van der Waals surface area contributed by atoms with E-state index in [0.717, 1.165) is 11.6 Å². The maximum absolute atomic E-state index is 5.90. The van der Waals surface area contributed by atoms with E-state index < -0.39 is 0 Å². The van der Waals surface area contributed by atoms with Gasteiger partial charge in [0.1, 0.15) is 0 Å². The lowest BCUT2D eigenvalue weighted by Crippen LogP contribution is -2.43. The molecule has 0 atom stereocenters. The summed E-state index contributed by atoms with van der Waals surface area (Å²) in [5.74, 6) is 0. The SMILES string of the molecule is CC1(NCc2cc(Cl)cs2)CCCCC1. The lowest BCUT2D eigenvalue weighted by Gasteiger charge is -2.34. The van der Waals surface area contributed by atoms with Gasteiger partial charge in [-0.2, -0.15) is 0 Å². The minimum absolute atomic E-state index is 0.356. The summed E-state index contributed by atoms with van der Waals surface area (Å²) in [5, 5.41) is 6.55. The first-order valence-electron chi connectivity index (χ1n) is 5.66. The van der Waals surface area contributed by atoms with Gasteiger partial charge in [-0.1, -0.05) is 30.9 Å². The van der Waals surface area contributed by atoms with Crippen LogP contribution >= 0.6 is 22.9 Å². The molecule has 1 heterocycles. The number of halogens is 1. The molecule has 1 nitrogen and oxygen atoms in total. The van der Waals surface area contributed by atoms with Crippen LogP contribution in [0.3, 0.4) is 0 Å². The van der Waals surface area contributed by atoms with E-state index >= 15 is 0 Å². The van der Waals surface area contributed by atoms with Gasteiger partial charge in [-0.05, 0) is 25.8 Å². The van der Waals surface area contributed by atoms with Crippen LogP contribution in [-0.4, -0.2) is 5.54 Å². The van der Waals surface area contributed by atoms with Crippen LogP contribution in [0.4, 0.5) is 0 Å². The molecule has 2 rings (SSSR count). The number of rotatable bonds is 3. The minimum atomic E-state index is 0.356. The van der Waals surface area contributed by atoms with Crippen molar-refractivity contribution in [3.8, 4) is 0 Å². The Bertz CT molecular complexity index is 315. The van der Waals surface area contributed by atoms with Gasteiger partial charge in [0.05, 0.1) is 5.02 Å². The molecule has 0 bridgehead atoms. The van der Waals surface area contributed by atoms with Crippen molar-refractivity contribution in [2.24, 2.45) is 0 Å². The van der Waals surface area contributed by atoms with Crippen molar-refractivity contribution in [1.29, 1.82) is 0 Å². The molecule has 0 radical (unpaired) electrons. The third-order valence-corrected chi connectivity index (χ3v) is 4.55. The third-order valence-electron chi connectivity index (χ3n) is 3.27. The van der Waals surface area contributed by atoms with Gasteiger partial charge in [-0.25, -0.2) is 0 Å². The maximum Gasteiger partial charge on any atom is 0.0516 e. The Morgan fingerprint density at radius 2 is 2.13 bits per heavy atom. The van der Waals surface area contributed by atoms with Crippen molar-refractivity contribution in [2.45, 2.75) is 51.1 Å². The number of hydrogen-bond acceptors (Lipinski definition) is 2. The van der Waals surface area contributed by atoms with E-state index in [-0.39, 0.29) is 0 Å². The maximum atomic E-state index is 5.90. The molecule has 1 aliphatic rings. The standard InChI is InChI=1S/C12H18ClNS/c1-12(5-3-2-4-6-12)14-8-11-7-10(13)9-15-11/h7,9,14H,2-6,8H2,1H3. The molecule has 1 N–H and O–H groups in total. The van der Waals surface area contributed by atoms with E-state index in [1.807, 2.05) is 5.38 Å². The third kappa shape index (κ3) is 3.20. The molecule has 1 aromatic heterocycles. The molecule has 1 saturated carbocycles. The first-order valence-corrected chi connectivity index (χ1v) is 6.92. The second kappa shape index (κ2) is 4.86. The van der Waals surface area contributed by atoms with Crippen LogP contribution in [0.15, 0.2) is 11.4 Å². The quantitative estimate of drug-likeness (QED) is 0.839. The molecule has 0 saturated heterocycles. The molecule has 1 aliphatic carbocycles. The Balaban J connectivity index is 1.86. The zero-order chi connectivity index (χ0) is 10.7. The Morgan fingerprint density at radius 3 is 2.73 bits per heavy atom. The molecule has 0 unspecified atom stereocenters. The second-order valence-electron chi connectivity index (χ2n) is 4.71. The van der Waals surface area contributed by atoms with Gasteiger partial charge in [0.2, 0.25) is 0 Å². The molecule has 0 amide bonds. The Kier molecular flexibility index (Phi) is 3.70. The predicted molar refractivity (Wildman–Crippen MR) is 67.7 cm³/mol. The molecule has 84 valence electrons. The number of hydrogen-bond donors (Lipinski definition) is 1. The average molecular weight is 244 g/mol. The van der Waals surface area contributed by atoms with Crippen molar-refractivity contribution in [2.75, 3.05) is 0 Å². The molecule has 0 aliphatic heterocycles. The van der Waals surface area contributed by atoms with Crippen LogP contribution in [0.2, 0.25) is 5.02 Å². The van der Waals surface area contributed by atoms with Crippen molar-refractivity contribution in [3.63, 3.8) is 0 Å². The topological polar surface area (TPSA) is 12.0 Å². The highest BCUT2D eigenvalue weighted by atomic mass is 35.5. The van der Waals surface area contributed by atoms with Crippen molar-refractivity contribution in [1.82, 2.24) is 5.32 Å². The average Bonchev–Trinajstić information content (AvgIpc) is 2.63. The fraction of sp³-hybridized carbons (Fsp3) is 0.667. The normalized spacial score (nSPS) is 20.4. The summed E-state index contributed by atoms with van der Waals surface area (Å²) < 4.78 is 0. The highest BCUT2D eigenvalue weighted by Crippen LogP contribution is 2.28. The van der Waals surface area contributed by atoms with Crippen LogP contribution in [0.25, 0.3) is 0 Å². The summed E-state index contributed by atoms with van der Waals surface area (Å²) in [5.41, 5.74) is 0.356. The minimum Gasteiger partial charge on any atom is -0.307 e. The Labute approximate surface area is 101 Å². The van der Waals surface area contributed by atoms with Crippen LogP contribution < -0.4 is 5.32 Å². The summed E-state index contributed by atoms with van der Waals surface area (Å²) in [6, 6.07) is 2.06. The lowest BCUT2D eigenvalue weighted by atomic mass is 9.83. The van der Waals surface area contributed by atoms with Crippen molar-refractivity contribution >= 4 is 22.9 Å². The fourth-order valence-corrected chi connectivity index (χ4v) is 3.27. The number of thiophene rings is 1. The van der Waals surface area contributed by atoms with Gasteiger partial charge in [-0.15, -0.1) is 11.3 Å². The highest BCUT2D eigenvalue weighted by Gasteiger charge is 2.25. The van der Waals surface area contributed by atoms with E-state index in [2.05, 4.69) is 18.3 Å². The van der Waals surface area contributed by atoms with Crippen LogP contribution in [-0.2, 0) is 6.54 Å². The van der Waals surface area contributed by atoms with Crippen molar-refractivity contribution in [3.05, 3.63) is 21.3 Å². The Morgan fingerprint density at radius 1 is 1.40 bits per heavy atom. The summed E-state index contributed by atoms with van der Waals surface area (Å²) in [7, 11) is 0. The molecule has 3 heteroatoms. The summed E-state index contributed by atoms with van der Waals surface area (Å²) in [6.07, 6.45) is 6.77. The van der Waals surface area contributed by atoms with Gasteiger partial charge in [0.25, 0.3) is 0 Å².